The molecule has 1 fully saturated rings. The van der Waals surface area contributed by atoms with Crippen molar-refractivity contribution in [3.63, 3.8) is 0 Å². The van der Waals surface area contributed by atoms with Crippen LogP contribution in [0.1, 0.15) is 38.2 Å². The molecule has 1 heterocycles. The van der Waals surface area contributed by atoms with Crippen LogP contribution >= 0.6 is 15.9 Å². The molecule has 1 saturated carbocycles. The molecule has 2 rings (SSSR count). The fraction of sp³-hybridized carbons (Fsp3) is 0.643. The van der Waals surface area contributed by atoms with Gasteiger partial charge in [-0.15, -0.1) is 0 Å². The normalized spacial score (nSPS) is 23.1. The number of hydrogen-bond donors (Lipinski definition) is 1. The first-order valence-electron chi connectivity index (χ1n) is 7.08. The van der Waals surface area contributed by atoms with Crippen molar-refractivity contribution in [3.8, 4) is 0 Å². The Bertz CT molecular complexity index is 485. The number of halogens is 4. The van der Waals surface area contributed by atoms with Gasteiger partial charge in [-0.3, -0.25) is 0 Å². The SMILES string of the molecule is CCN(c1ncc(Br)cc1C(F)(F)F)C1CCC(N)CC1. The second-order valence-electron chi connectivity index (χ2n) is 5.38. The Morgan fingerprint density at radius 2 is 1.95 bits per heavy atom. The number of pyridine rings is 1. The van der Waals surface area contributed by atoms with E-state index in [1.54, 1.807) is 4.90 Å². The Labute approximate surface area is 130 Å². The summed E-state index contributed by atoms with van der Waals surface area (Å²) in [7, 11) is 0. The average molecular weight is 366 g/mol. The molecule has 7 heteroatoms. The Morgan fingerprint density at radius 3 is 2.48 bits per heavy atom. The zero-order valence-corrected chi connectivity index (χ0v) is 13.4. The molecule has 1 aliphatic carbocycles. The molecule has 21 heavy (non-hydrogen) atoms. The van der Waals surface area contributed by atoms with Gasteiger partial charge in [0.2, 0.25) is 0 Å². The lowest BCUT2D eigenvalue weighted by Gasteiger charge is -2.37. The highest BCUT2D eigenvalue weighted by atomic mass is 79.9. The second-order valence-corrected chi connectivity index (χ2v) is 6.29. The summed E-state index contributed by atoms with van der Waals surface area (Å²) in [6.45, 7) is 2.36. The van der Waals surface area contributed by atoms with Crippen molar-refractivity contribution in [2.75, 3.05) is 11.4 Å². The van der Waals surface area contributed by atoms with E-state index in [1.165, 1.54) is 6.20 Å². The average Bonchev–Trinajstić information content (AvgIpc) is 2.42. The van der Waals surface area contributed by atoms with Crippen molar-refractivity contribution in [1.29, 1.82) is 0 Å². The molecule has 1 aliphatic rings. The minimum Gasteiger partial charge on any atom is -0.353 e. The van der Waals surface area contributed by atoms with Gasteiger partial charge in [0.15, 0.2) is 0 Å². The molecule has 0 spiro atoms. The molecule has 0 bridgehead atoms. The summed E-state index contributed by atoms with van der Waals surface area (Å²) in [6, 6.07) is 1.34. The second kappa shape index (κ2) is 6.52. The first-order chi connectivity index (χ1) is 9.82. The molecular formula is C14H19BrF3N3. The van der Waals surface area contributed by atoms with Gasteiger partial charge in [0.1, 0.15) is 5.82 Å². The monoisotopic (exact) mass is 365 g/mol. The van der Waals surface area contributed by atoms with Crippen molar-refractivity contribution < 1.29 is 13.2 Å². The Kier molecular flexibility index (Phi) is 5.14. The number of alkyl halides is 3. The predicted molar refractivity (Wildman–Crippen MR) is 80.2 cm³/mol. The molecular weight excluding hydrogens is 347 g/mol. The number of aromatic nitrogens is 1. The van der Waals surface area contributed by atoms with Crippen LogP contribution in [0.15, 0.2) is 16.7 Å². The Morgan fingerprint density at radius 1 is 1.33 bits per heavy atom. The number of anilines is 1. The summed E-state index contributed by atoms with van der Waals surface area (Å²) in [5.41, 5.74) is 5.19. The van der Waals surface area contributed by atoms with Crippen LogP contribution in [-0.4, -0.2) is 23.6 Å². The molecule has 118 valence electrons. The number of nitrogens with zero attached hydrogens (tertiary/aromatic N) is 2. The van der Waals surface area contributed by atoms with Crippen molar-refractivity contribution >= 4 is 21.7 Å². The molecule has 0 unspecified atom stereocenters. The van der Waals surface area contributed by atoms with E-state index >= 15 is 0 Å². The van der Waals surface area contributed by atoms with E-state index in [2.05, 4.69) is 20.9 Å². The summed E-state index contributed by atoms with van der Waals surface area (Å²) < 4.78 is 40.1. The van der Waals surface area contributed by atoms with Gasteiger partial charge >= 0.3 is 6.18 Å². The Balaban J connectivity index is 2.34. The van der Waals surface area contributed by atoms with Crippen LogP contribution in [0, 0.1) is 0 Å². The molecule has 0 aliphatic heterocycles. The molecule has 0 saturated heterocycles. The first-order valence-corrected chi connectivity index (χ1v) is 7.87. The van der Waals surface area contributed by atoms with Crippen LogP contribution in [0.5, 0.6) is 0 Å². The minimum atomic E-state index is -4.41. The number of rotatable bonds is 3. The van der Waals surface area contributed by atoms with Gasteiger partial charge in [-0.2, -0.15) is 13.2 Å². The third-order valence-electron chi connectivity index (χ3n) is 3.93. The third-order valence-corrected chi connectivity index (χ3v) is 4.37. The number of hydrogen-bond acceptors (Lipinski definition) is 3. The van der Waals surface area contributed by atoms with Gasteiger partial charge in [0.25, 0.3) is 0 Å². The quantitative estimate of drug-likeness (QED) is 0.881. The molecule has 1 aromatic rings. The molecule has 0 amide bonds. The van der Waals surface area contributed by atoms with E-state index in [0.29, 0.717) is 11.0 Å². The highest BCUT2D eigenvalue weighted by Gasteiger charge is 2.37. The standard InChI is InChI=1S/C14H19BrF3N3/c1-2-21(11-5-3-10(19)4-6-11)13-12(14(16,17)18)7-9(15)8-20-13/h7-8,10-11H,2-6,19H2,1H3. The highest BCUT2D eigenvalue weighted by molar-refractivity contribution is 9.10. The lowest BCUT2D eigenvalue weighted by atomic mass is 9.90. The maximum atomic E-state index is 13.2. The molecule has 2 N–H and O–H groups in total. The summed E-state index contributed by atoms with van der Waals surface area (Å²) in [5.74, 6) is 0.0219. The van der Waals surface area contributed by atoms with E-state index in [0.717, 1.165) is 31.7 Å². The van der Waals surface area contributed by atoms with E-state index < -0.39 is 11.7 Å². The van der Waals surface area contributed by atoms with Gasteiger partial charge in [-0.25, -0.2) is 4.98 Å². The molecule has 1 aromatic heterocycles. The highest BCUT2D eigenvalue weighted by Crippen LogP contribution is 2.38. The van der Waals surface area contributed by atoms with E-state index in [9.17, 15) is 13.2 Å². The van der Waals surface area contributed by atoms with Gasteiger partial charge in [0, 0.05) is 29.3 Å². The van der Waals surface area contributed by atoms with E-state index in [4.69, 9.17) is 5.73 Å². The largest absolute Gasteiger partial charge is 0.419 e. The van der Waals surface area contributed by atoms with Crippen LogP contribution in [0.25, 0.3) is 0 Å². The van der Waals surface area contributed by atoms with Crippen LogP contribution in [-0.2, 0) is 6.18 Å². The van der Waals surface area contributed by atoms with Crippen molar-refractivity contribution in [1.82, 2.24) is 4.98 Å². The van der Waals surface area contributed by atoms with Gasteiger partial charge in [-0.1, -0.05) is 0 Å². The maximum absolute atomic E-state index is 13.2. The summed E-state index contributed by atoms with van der Waals surface area (Å²) in [5, 5.41) is 0. The third kappa shape index (κ3) is 3.88. The van der Waals surface area contributed by atoms with Crippen LogP contribution in [0.4, 0.5) is 19.0 Å². The zero-order chi connectivity index (χ0) is 15.6. The van der Waals surface area contributed by atoms with Crippen molar-refractivity contribution in [2.24, 2.45) is 5.73 Å². The maximum Gasteiger partial charge on any atom is 0.419 e. The predicted octanol–water partition coefficient (Wildman–Crippen LogP) is 3.96. The van der Waals surface area contributed by atoms with Crippen molar-refractivity contribution in [3.05, 3.63) is 22.3 Å². The zero-order valence-electron chi connectivity index (χ0n) is 11.8. The molecule has 3 nitrogen and oxygen atoms in total. The fourth-order valence-corrected chi connectivity index (χ4v) is 3.20. The Hall–Kier alpha value is -0.820. The smallest absolute Gasteiger partial charge is 0.353 e. The molecule has 0 radical (unpaired) electrons. The summed E-state index contributed by atoms with van der Waals surface area (Å²) in [4.78, 5) is 5.80. The lowest BCUT2D eigenvalue weighted by Crippen LogP contribution is -2.42. The van der Waals surface area contributed by atoms with Gasteiger partial charge in [-0.05, 0) is 54.6 Å². The molecule has 0 aromatic carbocycles. The first kappa shape index (κ1) is 16.5. The minimum absolute atomic E-state index is 0.0219. The summed E-state index contributed by atoms with van der Waals surface area (Å²) >= 11 is 3.07. The van der Waals surface area contributed by atoms with E-state index in [-0.39, 0.29) is 17.9 Å². The number of nitrogens with two attached hydrogens (primary N) is 1. The van der Waals surface area contributed by atoms with Gasteiger partial charge < -0.3 is 10.6 Å². The van der Waals surface area contributed by atoms with Crippen molar-refractivity contribution in [2.45, 2.75) is 50.9 Å². The van der Waals surface area contributed by atoms with E-state index in [1.807, 2.05) is 6.92 Å². The summed E-state index contributed by atoms with van der Waals surface area (Å²) in [6.07, 6.45) is 0.318. The topological polar surface area (TPSA) is 42.2 Å². The molecule has 0 atom stereocenters. The fourth-order valence-electron chi connectivity index (χ4n) is 2.86. The lowest BCUT2D eigenvalue weighted by molar-refractivity contribution is -0.137. The van der Waals surface area contributed by atoms with Crippen LogP contribution in [0.2, 0.25) is 0 Å². The van der Waals surface area contributed by atoms with Crippen LogP contribution < -0.4 is 10.6 Å². The van der Waals surface area contributed by atoms with Gasteiger partial charge in [0.05, 0.1) is 5.56 Å². The van der Waals surface area contributed by atoms with Crippen LogP contribution in [0.3, 0.4) is 0 Å².